The number of sulfonamides is 1. The molecular weight excluding hydrogens is 325 g/mol. The highest BCUT2D eigenvalue weighted by Crippen LogP contribution is 2.22. The Hall–Kier alpha value is -0.500. The van der Waals surface area contributed by atoms with Crippen molar-refractivity contribution in [3.63, 3.8) is 0 Å². The van der Waals surface area contributed by atoms with E-state index in [4.69, 9.17) is 4.74 Å². The first-order valence-corrected chi connectivity index (χ1v) is 7.78. The largest absolute Gasteiger partial charge is 0.380 e. The Morgan fingerprint density at radius 2 is 2.06 bits per heavy atom. The SMILES string of the molecule is O=S(=O)(c1ccc(Br)c(F)c1)N1CCCOCC1. The summed E-state index contributed by atoms with van der Waals surface area (Å²) in [4.78, 5) is -0.0231. The fourth-order valence-electron chi connectivity index (χ4n) is 1.75. The number of nitrogens with zero attached hydrogens (tertiary/aromatic N) is 1. The van der Waals surface area contributed by atoms with Crippen LogP contribution in [0.2, 0.25) is 0 Å². The molecule has 100 valence electrons. The molecule has 1 saturated heterocycles. The summed E-state index contributed by atoms with van der Waals surface area (Å²) < 4.78 is 44.8. The number of hydrogen-bond donors (Lipinski definition) is 0. The second kappa shape index (κ2) is 5.64. The number of benzene rings is 1. The van der Waals surface area contributed by atoms with E-state index in [9.17, 15) is 12.8 Å². The molecule has 7 heteroatoms. The van der Waals surface area contributed by atoms with Crippen molar-refractivity contribution in [3.05, 3.63) is 28.5 Å². The smallest absolute Gasteiger partial charge is 0.243 e. The summed E-state index contributed by atoms with van der Waals surface area (Å²) in [6, 6.07) is 3.83. The van der Waals surface area contributed by atoms with Crippen LogP contribution in [0, 0.1) is 5.82 Å². The van der Waals surface area contributed by atoms with Gasteiger partial charge in [0.25, 0.3) is 0 Å². The maximum Gasteiger partial charge on any atom is 0.243 e. The number of ether oxygens (including phenoxy) is 1. The van der Waals surface area contributed by atoms with Crippen molar-refractivity contribution in [1.82, 2.24) is 4.31 Å². The van der Waals surface area contributed by atoms with Crippen LogP contribution in [0.1, 0.15) is 6.42 Å². The molecule has 0 saturated carbocycles. The maximum atomic E-state index is 13.4. The maximum absolute atomic E-state index is 13.4. The third-order valence-electron chi connectivity index (χ3n) is 2.71. The highest BCUT2D eigenvalue weighted by Gasteiger charge is 2.25. The van der Waals surface area contributed by atoms with Gasteiger partial charge >= 0.3 is 0 Å². The van der Waals surface area contributed by atoms with Gasteiger partial charge in [0, 0.05) is 19.7 Å². The van der Waals surface area contributed by atoms with Gasteiger partial charge in [-0.2, -0.15) is 4.31 Å². The van der Waals surface area contributed by atoms with E-state index in [0.717, 1.165) is 6.07 Å². The summed E-state index contributed by atoms with van der Waals surface area (Å²) in [6.07, 6.45) is 0.651. The van der Waals surface area contributed by atoms with Crippen LogP contribution < -0.4 is 0 Å². The van der Waals surface area contributed by atoms with Crippen LogP contribution in [-0.4, -0.2) is 39.0 Å². The standard InChI is InChI=1S/C11H13BrFNO3S/c12-10-3-2-9(8-11(10)13)18(15,16)14-4-1-6-17-7-5-14/h2-3,8H,1,4-7H2. The first-order valence-electron chi connectivity index (χ1n) is 5.55. The van der Waals surface area contributed by atoms with Crippen molar-refractivity contribution in [2.45, 2.75) is 11.3 Å². The molecule has 1 aliphatic rings. The first-order chi connectivity index (χ1) is 8.51. The van der Waals surface area contributed by atoms with E-state index in [1.54, 1.807) is 0 Å². The molecule has 1 aliphatic heterocycles. The van der Waals surface area contributed by atoms with E-state index in [0.29, 0.717) is 32.7 Å². The topological polar surface area (TPSA) is 46.6 Å². The molecule has 2 rings (SSSR count). The Labute approximate surface area is 114 Å². The zero-order valence-corrected chi connectivity index (χ0v) is 12.0. The molecule has 1 fully saturated rings. The Morgan fingerprint density at radius 1 is 1.28 bits per heavy atom. The third kappa shape index (κ3) is 2.90. The molecule has 0 radical (unpaired) electrons. The molecule has 0 atom stereocenters. The van der Waals surface area contributed by atoms with Crippen LogP contribution in [-0.2, 0) is 14.8 Å². The Morgan fingerprint density at radius 3 is 2.78 bits per heavy atom. The van der Waals surface area contributed by atoms with Gasteiger partial charge in [-0.1, -0.05) is 0 Å². The predicted octanol–water partition coefficient (Wildman–Crippen LogP) is 2.00. The molecule has 0 aromatic heterocycles. The Kier molecular flexibility index (Phi) is 4.37. The van der Waals surface area contributed by atoms with Crippen molar-refractivity contribution in [2.24, 2.45) is 0 Å². The zero-order chi connectivity index (χ0) is 13.2. The molecule has 4 nitrogen and oxygen atoms in total. The van der Waals surface area contributed by atoms with Crippen molar-refractivity contribution < 1.29 is 17.5 Å². The highest BCUT2D eigenvalue weighted by molar-refractivity contribution is 9.10. The fourth-order valence-corrected chi connectivity index (χ4v) is 3.47. The van der Waals surface area contributed by atoms with E-state index >= 15 is 0 Å². The normalized spacial score (nSPS) is 18.6. The fraction of sp³-hybridized carbons (Fsp3) is 0.455. The van der Waals surface area contributed by atoms with Crippen LogP contribution in [0.25, 0.3) is 0 Å². The van der Waals surface area contributed by atoms with Crippen molar-refractivity contribution in [2.75, 3.05) is 26.3 Å². The molecule has 18 heavy (non-hydrogen) atoms. The molecule has 0 N–H and O–H groups in total. The molecule has 0 aliphatic carbocycles. The van der Waals surface area contributed by atoms with Gasteiger partial charge in [-0.15, -0.1) is 0 Å². The van der Waals surface area contributed by atoms with Gasteiger partial charge in [0.15, 0.2) is 0 Å². The molecule has 1 aromatic carbocycles. The van der Waals surface area contributed by atoms with E-state index < -0.39 is 15.8 Å². The third-order valence-corrected chi connectivity index (χ3v) is 5.25. The van der Waals surface area contributed by atoms with Crippen LogP contribution in [0.5, 0.6) is 0 Å². The quantitative estimate of drug-likeness (QED) is 0.829. The average molecular weight is 338 g/mol. The second-order valence-electron chi connectivity index (χ2n) is 3.95. The van der Waals surface area contributed by atoms with E-state index in [2.05, 4.69) is 15.9 Å². The minimum atomic E-state index is -3.63. The monoisotopic (exact) mass is 337 g/mol. The van der Waals surface area contributed by atoms with E-state index in [-0.39, 0.29) is 9.37 Å². The molecular formula is C11H13BrFNO3S. The summed E-state index contributed by atoms with van der Waals surface area (Å²) in [5.74, 6) is -0.581. The number of rotatable bonds is 2. The van der Waals surface area contributed by atoms with E-state index in [1.165, 1.54) is 16.4 Å². The average Bonchev–Trinajstić information content (AvgIpc) is 2.61. The van der Waals surface area contributed by atoms with Gasteiger partial charge < -0.3 is 4.74 Å². The van der Waals surface area contributed by atoms with Gasteiger partial charge in [-0.3, -0.25) is 0 Å². The number of halogens is 2. The van der Waals surface area contributed by atoms with Crippen molar-refractivity contribution in [1.29, 1.82) is 0 Å². The molecule has 0 bridgehead atoms. The summed E-state index contributed by atoms with van der Waals surface area (Å²) in [7, 11) is -3.63. The van der Waals surface area contributed by atoms with Crippen LogP contribution in [0.4, 0.5) is 4.39 Å². The lowest BCUT2D eigenvalue weighted by Gasteiger charge is -2.19. The van der Waals surface area contributed by atoms with Crippen molar-refractivity contribution in [3.8, 4) is 0 Å². The summed E-state index contributed by atoms with van der Waals surface area (Å²) in [5, 5.41) is 0. The summed E-state index contributed by atoms with van der Waals surface area (Å²) in [5.41, 5.74) is 0. The second-order valence-corrected chi connectivity index (χ2v) is 6.74. The van der Waals surface area contributed by atoms with Crippen LogP contribution >= 0.6 is 15.9 Å². The van der Waals surface area contributed by atoms with Crippen LogP contribution in [0.3, 0.4) is 0 Å². The summed E-state index contributed by atoms with van der Waals surface area (Å²) in [6.45, 7) is 1.64. The molecule has 0 amide bonds. The first kappa shape index (κ1) is 13.9. The van der Waals surface area contributed by atoms with E-state index in [1.807, 2.05) is 0 Å². The highest BCUT2D eigenvalue weighted by atomic mass is 79.9. The lowest BCUT2D eigenvalue weighted by atomic mass is 10.3. The minimum absolute atomic E-state index is 0.0231. The minimum Gasteiger partial charge on any atom is -0.380 e. The molecule has 0 spiro atoms. The predicted molar refractivity (Wildman–Crippen MR) is 68.3 cm³/mol. The molecule has 1 aromatic rings. The van der Waals surface area contributed by atoms with Crippen LogP contribution in [0.15, 0.2) is 27.6 Å². The molecule has 1 heterocycles. The Balaban J connectivity index is 2.31. The number of hydrogen-bond acceptors (Lipinski definition) is 3. The lowest BCUT2D eigenvalue weighted by molar-refractivity contribution is 0.148. The van der Waals surface area contributed by atoms with Gasteiger partial charge in [0.1, 0.15) is 5.82 Å². The Bertz CT molecular complexity index is 527. The van der Waals surface area contributed by atoms with Gasteiger partial charge in [0.2, 0.25) is 10.0 Å². The molecule has 0 unspecified atom stereocenters. The zero-order valence-electron chi connectivity index (χ0n) is 9.60. The lowest BCUT2D eigenvalue weighted by Crippen LogP contribution is -2.33. The van der Waals surface area contributed by atoms with Gasteiger partial charge in [0.05, 0.1) is 16.0 Å². The van der Waals surface area contributed by atoms with Crippen molar-refractivity contribution >= 4 is 26.0 Å². The van der Waals surface area contributed by atoms with Gasteiger partial charge in [-0.05, 0) is 40.5 Å². The van der Waals surface area contributed by atoms with Gasteiger partial charge in [-0.25, -0.2) is 12.8 Å². The summed E-state index contributed by atoms with van der Waals surface area (Å²) >= 11 is 3.00.